The fourth-order valence-corrected chi connectivity index (χ4v) is 7.35. The average molecular weight is 633 g/mol. The Morgan fingerprint density at radius 1 is 0.596 bits per heavy atom. The van der Waals surface area contributed by atoms with E-state index in [1.807, 2.05) is 48.8 Å². The molecule has 0 spiro atoms. The Kier molecular flexibility index (Phi) is 8.17. The van der Waals surface area contributed by atoms with Gasteiger partial charge in [-0.15, -0.1) is 0 Å². The Balaban J connectivity index is 0.932. The molecule has 2 fully saturated rings. The number of hydrogen-bond acceptors (Lipinski definition) is 5. The summed E-state index contributed by atoms with van der Waals surface area (Å²) in [6, 6.07) is 26.6. The Morgan fingerprint density at radius 2 is 1.04 bits per heavy atom. The second kappa shape index (κ2) is 12.9. The molecule has 9 heteroatoms. The van der Waals surface area contributed by atoms with Crippen LogP contribution in [-0.2, 0) is 13.1 Å². The maximum Gasteiger partial charge on any atom is 0.128 e. The summed E-state index contributed by atoms with van der Waals surface area (Å²) in [6.07, 6.45) is 8.21. The maximum atomic E-state index is 13.4. The Morgan fingerprint density at radius 3 is 1.49 bits per heavy atom. The van der Waals surface area contributed by atoms with Gasteiger partial charge in [-0.1, -0.05) is 24.3 Å². The zero-order valence-corrected chi connectivity index (χ0v) is 26.3. The monoisotopic (exact) mass is 632 g/mol. The van der Waals surface area contributed by atoms with E-state index >= 15 is 0 Å². The highest BCUT2D eigenvalue weighted by Crippen LogP contribution is 2.33. The van der Waals surface area contributed by atoms with Gasteiger partial charge in [0, 0.05) is 37.0 Å². The van der Waals surface area contributed by atoms with E-state index in [2.05, 4.69) is 43.4 Å². The van der Waals surface area contributed by atoms with Gasteiger partial charge < -0.3 is 4.74 Å². The largest absolute Gasteiger partial charge is 0.457 e. The zero-order valence-electron chi connectivity index (χ0n) is 26.3. The van der Waals surface area contributed by atoms with Gasteiger partial charge in [-0.25, -0.2) is 8.78 Å². The number of likely N-dealkylation sites (tertiary alicyclic amines) is 2. The number of nitrogens with zero attached hydrogens (tertiary/aromatic N) is 6. The molecule has 2 aliphatic rings. The van der Waals surface area contributed by atoms with Gasteiger partial charge in [0.05, 0.1) is 35.5 Å². The van der Waals surface area contributed by atoms with Gasteiger partial charge in [-0.3, -0.25) is 19.2 Å². The van der Waals surface area contributed by atoms with Gasteiger partial charge in [-0.05, 0) is 111 Å². The summed E-state index contributed by atoms with van der Waals surface area (Å²) in [5, 5.41) is 11.7. The predicted molar refractivity (Wildman–Crippen MR) is 179 cm³/mol. The first-order chi connectivity index (χ1) is 23.0. The van der Waals surface area contributed by atoms with Gasteiger partial charge in [-0.2, -0.15) is 10.2 Å². The molecule has 0 N–H and O–H groups in total. The number of rotatable bonds is 8. The van der Waals surface area contributed by atoms with Crippen LogP contribution in [0.3, 0.4) is 0 Å². The first-order valence-corrected chi connectivity index (χ1v) is 16.6. The van der Waals surface area contributed by atoms with E-state index in [-0.39, 0.29) is 23.7 Å². The standard InChI is InChI=1S/C38H38F2N6O/c39-31-9-5-27(6-10-31)23-43-17-1-3-33(25-43)45-37-15-13-35(19-29(37)21-41-45)47-36-14-16-38-30(20-36)22-42-46(38)34-4-2-18-44(26-34)24-28-7-11-32(40)12-8-28/h5-16,19-22,33-34H,1-4,17-18,23-26H2. The van der Waals surface area contributed by atoms with Crippen molar-refractivity contribution < 1.29 is 13.5 Å². The smallest absolute Gasteiger partial charge is 0.128 e. The SMILES string of the molecule is Fc1ccc(CN2CCCC(n3ncc4cc(Oc5ccc6c(cnn6C6CCCN(Cc7ccc(F)cc7)C6)c5)ccc43)C2)cc1. The van der Waals surface area contributed by atoms with Crippen molar-refractivity contribution in [3.8, 4) is 11.5 Å². The first-order valence-electron chi connectivity index (χ1n) is 16.6. The summed E-state index contributed by atoms with van der Waals surface area (Å²) in [5.41, 5.74) is 4.46. The summed E-state index contributed by atoms with van der Waals surface area (Å²) in [6.45, 7) is 5.51. The van der Waals surface area contributed by atoms with E-state index in [1.54, 1.807) is 0 Å². The molecule has 6 aromatic rings. The zero-order chi connectivity index (χ0) is 31.7. The molecule has 240 valence electrons. The fourth-order valence-electron chi connectivity index (χ4n) is 7.35. The number of aromatic nitrogens is 4. The molecule has 0 radical (unpaired) electrons. The van der Waals surface area contributed by atoms with Crippen molar-refractivity contribution in [1.82, 2.24) is 29.4 Å². The van der Waals surface area contributed by atoms with Crippen LogP contribution in [0.15, 0.2) is 97.3 Å². The van der Waals surface area contributed by atoms with E-state index in [0.717, 1.165) is 109 Å². The minimum absolute atomic E-state index is 0.198. The number of benzene rings is 4. The Labute approximate surface area is 273 Å². The van der Waals surface area contributed by atoms with E-state index in [4.69, 9.17) is 14.9 Å². The van der Waals surface area contributed by atoms with E-state index < -0.39 is 0 Å². The van der Waals surface area contributed by atoms with Crippen LogP contribution in [0.4, 0.5) is 8.78 Å². The minimum atomic E-state index is -0.198. The van der Waals surface area contributed by atoms with Gasteiger partial charge in [0.1, 0.15) is 23.1 Å². The number of fused-ring (bicyclic) bond motifs is 2. The van der Waals surface area contributed by atoms with Crippen molar-refractivity contribution in [2.75, 3.05) is 26.2 Å². The van der Waals surface area contributed by atoms with Crippen LogP contribution in [0.1, 0.15) is 48.9 Å². The summed E-state index contributed by atoms with van der Waals surface area (Å²) in [4.78, 5) is 4.87. The lowest BCUT2D eigenvalue weighted by Crippen LogP contribution is -2.36. The average Bonchev–Trinajstić information content (AvgIpc) is 3.71. The van der Waals surface area contributed by atoms with Crippen LogP contribution in [0.5, 0.6) is 11.5 Å². The van der Waals surface area contributed by atoms with Crippen LogP contribution >= 0.6 is 0 Å². The topological polar surface area (TPSA) is 51.4 Å². The van der Waals surface area contributed by atoms with Crippen LogP contribution in [0.25, 0.3) is 21.8 Å². The fraction of sp³-hybridized carbons (Fsp3) is 0.316. The molecule has 0 bridgehead atoms. The number of halogens is 2. The molecule has 0 amide bonds. The molecule has 2 unspecified atom stereocenters. The highest BCUT2D eigenvalue weighted by atomic mass is 19.1. The lowest BCUT2D eigenvalue weighted by Gasteiger charge is -2.33. The quantitative estimate of drug-likeness (QED) is 0.170. The van der Waals surface area contributed by atoms with Crippen molar-refractivity contribution in [2.45, 2.75) is 50.9 Å². The normalized spacial score (nSPS) is 19.4. The summed E-state index contributed by atoms with van der Waals surface area (Å²) < 4.78 is 37.4. The van der Waals surface area contributed by atoms with Crippen molar-refractivity contribution in [3.63, 3.8) is 0 Å². The Hall–Kier alpha value is -4.60. The molecule has 8 rings (SSSR count). The molecule has 2 aromatic heterocycles. The van der Waals surface area contributed by atoms with Gasteiger partial charge in [0.2, 0.25) is 0 Å². The molecule has 2 saturated heterocycles. The lowest BCUT2D eigenvalue weighted by atomic mass is 10.0. The molecule has 4 aromatic carbocycles. The number of ether oxygens (including phenoxy) is 1. The molecular formula is C38H38F2N6O. The molecule has 0 saturated carbocycles. The van der Waals surface area contributed by atoms with Gasteiger partial charge >= 0.3 is 0 Å². The molecular weight excluding hydrogens is 594 g/mol. The number of hydrogen-bond donors (Lipinski definition) is 0. The van der Waals surface area contributed by atoms with Crippen molar-refractivity contribution in [3.05, 3.63) is 120 Å². The summed E-state index contributed by atoms with van der Waals surface area (Å²) in [5.74, 6) is 1.15. The van der Waals surface area contributed by atoms with Crippen LogP contribution in [-0.4, -0.2) is 55.5 Å². The minimum Gasteiger partial charge on any atom is -0.457 e. The number of piperidine rings is 2. The van der Waals surface area contributed by atoms with E-state index in [1.165, 1.54) is 24.3 Å². The second-order valence-corrected chi connectivity index (χ2v) is 13.0. The van der Waals surface area contributed by atoms with Crippen molar-refractivity contribution in [2.24, 2.45) is 0 Å². The summed E-state index contributed by atoms with van der Waals surface area (Å²) in [7, 11) is 0. The highest BCUT2D eigenvalue weighted by Gasteiger charge is 2.25. The molecule has 0 aliphatic carbocycles. The van der Waals surface area contributed by atoms with Gasteiger partial charge in [0.25, 0.3) is 0 Å². The van der Waals surface area contributed by atoms with Crippen molar-refractivity contribution in [1.29, 1.82) is 0 Å². The van der Waals surface area contributed by atoms with Crippen LogP contribution in [0, 0.1) is 11.6 Å². The third-order valence-electron chi connectivity index (χ3n) is 9.66. The predicted octanol–water partition coefficient (Wildman–Crippen LogP) is 8.13. The first kappa shape index (κ1) is 29.8. The Bertz CT molecular complexity index is 1840. The van der Waals surface area contributed by atoms with Crippen molar-refractivity contribution >= 4 is 21.8 Å². The van der Waals surface area contributed by atoms with E-state index in [0.29, 0.717) is 0 Å². The third-order valence-corrected chi connectivity index (χ3v) is 9.66. The molecule has 2 aliphatic heterocycles. The lowest BCUT2D eigenvalue weighted by molar-refractivity contribution is 0.165. The van der Waals surface area contributed by atoms with Gasteiger partial charge in [0.15, 0.2) is 0 Å². The third kappa shape index (κ3) is 6.50. The molecule has 47 heavy (non-hydrogen) atoms. The van der Waals surface area contributed by atoms with Crippen LogP contribution < -0.4 is 4.74 Å². The van der Waals surface area contributed by atoms with E-state index in [9.17, 15) is 8.78 Å². The highest BCUT2D eigenvalue weighted by molar-refractivity contribution is 5.82. The van der Waals surface area contributed by atoms with Crippen LogP contribution in [0.2, 0.25) is 0 Å². The second-order valence-electron chi connectivity index (χ2n) is 13.0. The molecule has 2 atom stereocenters. The summed E-state index contributed by atoms with van der Waals surface area (Å²) >= 11 is 0. The molecule has 7 nitrogen and oxygen atoms in total. The molecule has 4 heterocycles. The maximum absolute atomic E-state index is 13.4.